The molecule has 4 heteroatoms. The van der Waals surface area contributed by atoms with Crippen LogP contribution in [0.5, 0.6) is 0 Å². The van der Waals surface area contributed by atoms with Crippen LogP contribution in [-0.2, 0) is 13.0 Å². The summed E-state index contributed by atoms with van der Waals surface area (Å²) in [5.41, 5.74) is 1.44. The van der Waals surface area contributed by atoms with Crippen molar-refractivity contribution < 1.29 is 0 Å². The van der Waals surface area contributed by atoms with Crippen LogP contribution in [0, 0.1) is 0 Å². The third kappa shape index (κ3) is 3.00. The number of imidazole rings is 1. The second-order valence-electron chi connectivity index (χ2n) is 5.62. The molecule has 0 unspecified atom stereocenters. The van der Waals surface area contributed by atoms with Crippen molar-refractivity contribution in [2.24, 2.45) is 0 Å². The van der Waals surface area contributed by atoms with Gasteiger partial charge in [0.15, 0.2) is 0 Å². The summed E-state index contributed by atoms with van der Waals surface area (Å²) >= 11 is 0. The van der Waals surface area contributed by atoms with E-state index in [1.165, 1.54) is 5.69 Å². The summed E-state index contributed by atoms with van der Waals surface area (Å²) in [6.07, 6.45) is 7.40. The van der Waals surface area contributed by atoms with Gasteiger partial charge in [-0.15, -0.1) is 6.58 Å². The molecular weight excluding hydrogens is 236 g/mol. The molecule has 0 aliphatic carbocycles. The van der Waals surface area contributed by atoms with Gasteiger partial charge in [-0.1, -0.05) is 13.0 Å². The van der Waals surface area contributed by atoms with E-state index in [-0.39, 0.29) is 5.54 Å². The molecule has 19 heavy (non-hydrogen) atoms. The Morgan fingerprint density at radius 1 is 1.47 bits per heavy atom. The van der Waals surface area contributed by atoms with E-state index in [2.05, 4.69) is 48.5 Å². The second-order valence-corrected chi connectivity index (χ2v) is 5.62. The Labute approximate surface area is 116 Å². The van der Waals surface area contributed by atoms with Crippen LogP contribution in [0.1, 0.15) is 32.4 Å². The summed E-state index contributed by atoms with van der Waals surface area (Å²) in [5, 5.41) is 3.44. The molecule has 1 aromatic rings. The van der Waals surface area contributed by atoms with Gasteiger partial charge in [0, 0.05) is 31.4 Å². The number of hydrogen-bond donors (Lipinski definition) is 1. The first kappa shape index (κ1) is 14.1. The SMILES string of the molecule is C=CCn1cc(CC)nc1N1CCC(C)(NC)CC1. The van der Waals surface area contributed by atoms with Gasteiger partial charge >= 0.3 is 0 Å². The highest BCUT2D eigenvalue weighted by molar-refractivity contribution is 5.35. The number of nitrogens with one attached hydrogen (secondary N) is 1. The number of anilines is 1. The predicted molar refractivity (Wildman–Crippen MR) is 80.7 cm³/mol. The van der Waals surface area contributed by atoms with Gasteiger partial charge in [-0.05, 0) is 33.2 Å². The van der Waals surface area contributed by atoms with E-state index in [9.17, 15) is 0 Å². The lowest BCUT2D eigenvalue weighted by molar-refractivity contribution is 0.302. The molecule has 1 saturated heterocycles. The molecule has 1 aromatic heterocycles. The predicted octanol–water partition coefficient (Wildman–Crippen LogP) is 2.21. The van der Waals surface area contributed by atoms with Crippen LogP contribution in [0.4, 0.5) is 5.95 Å². The first-order valence-corrected chi connectivity index (χ1v) is 7.22. The number of aromatic nitrogens is 2. The molecule has 0 amide bonds. The molecule has 2 rings (SSSR count). The Bertz CT molecular complexity index is 427. The minimum atomic E-state index is 0.278. The van der Waals surface area contributed by atoms with Crippen LogP contribution in [-0.4, -0.2) is 35.2 Å². The highest BCUT2D eigenvalue weighted by Gasteiger charge is 2.29. The lowest BCUT2D eigenvalue weighted by Crippen LogP contribution is -2.50. The zero-order valence-electron chi connectivity index (χ0n) is 12.4. The Balaban J connectivity index is 2.14. The summed E-state index contributed by atoms with van der Waals surface area (Å²) in [4.78, 5) is 7.17. The zero-order chi connectivity index (χ0) is 13.9. The van der Waals surface area contributed by atoms with Crippen LogP contribution in [0.3, 0.4) is 0 Å². The van der Waals surface area contributed by atoms with Crippen molar-refractivity contribution >= 4 is 5.95 Å². The van der Waals surface area contributed by atoms with Gasteiger partial charge in [-0.2, -0.15) is 0 Å². The number of aryl methyl sites for hydroxylation is 1. The molecule has 0 aromatic carbocycles. The van der Waals surface area contributed by atoms with E-state index in [1.54, 1.807) is 0 Å². The largest absolute Gasteiger partial charge is 0.342 e. The van der Waals surface area contributed by atoms with Gasteiger partial charge in [0.1, 0.15) is 0 Å². The van der Waals surface area contributed by atoms with E-state index in [0.717, 1.165) is 44.8 Å². The molecular formula is C15H26N4. The third-order valence-corrected chi connectivity index (χ3v) is 4.25. The van der Waals surface area contributed by atoms with Crippen LogP contribution in [0.25, 0.3) is 0 Å². The van der Waals surface area contributed by atoms with Crippen LogP contribution >= 0.6 is 0 Å². The highest BCUT2D eigenvalue weighted by Crippen LogP contribution is 2.25. The molecule has 1 fully saturated rings. The third-order valence-electron chi connectivity index (χ3n) is 4.25. The Morgan fingerprint density at radius 3 is 2.68 bits per heavy atom. The van der Waals surface area contributed by atoms with E-state index >= 15 is 0 Å². The molecule has 1 aliphatic rings. The minimum Gasteiger partial charge on any atom is -0.342 e. The van der Waals surface area contributed by atoms with Gasteiger partial charge in [-0.25, -0.2) is 4.98 Å². The van der Waals surface area contributed by atoms with Crippen molar-refractivity contribution in [3.8, 4) is 0 Å². The topological polar surface area (TPSA) is 33.1 Å². The molecule has 0 spiro atoms. The molecule has 0 atom stereocenters. The van der Waals surface area contributed by atoms with Crippen molar-refractivity contribution in [3.63, 3.8) is 0 Å². The standard InChI is InChI=1S/C15H26N4/c1-5-9-19-12-13(6-2)17-14(19)18-10-7-15(3,16-4)8-11-18/h5,12,16H,1,6-11H2,2-4H3. The Hall–Kier alpha value is -1.29. The van der Waals surface area contributed by atoms with Gasteiger partial charge in [0.05, 0.1) is 5.69 Å². The molecule has 106 valence electrons. The average Bonchev–Trinajstić information content (AvgIpc) is 2.83. The molecule has 0 saturated carbocycles. The quantitative estimate of drug-likeness (QED) is 0.826. The Morgan fingerprint density at radius 2 is 2.16 bits per heavy atom. The van der Waals surface area contributed by atoms with Gasteiger partial charge in [-0.3, -0.25) is 0 Å². The average molecular weight is 262 g/mol. The normalized spacial score (nSPS) is 18.6. The van der Waals surface area contributed by atoms with E-state index in [0.29, 0.717) is 0 Å². The van der Waals surface area contributed by atoms with Crippen molar-refractivity contribution in [1.29, 1.82) is 0 Å². The van der Waals surface area contributed by atoms with E-state index in [1.807, 2.05) is 6.08 Å². The Kier molecular flexibility index (Phi) is 4.30. The maximum atomic E-state index is 4.77. The second kappa shape index (κ2) is 5.78. The minimum absolute atomic E-state index is 0.278. The number of hydrogen-bond acceptors (Lipinski definition) is 3. The fourth-order valence-corrected chi connectivity index (χ4v) is 2.61. The summed E-state index contributed by atoms with van der Waals surface area (Å²) in [6.45, 7) is 11.3. The maximum Gasteiger partial charge on any atom is 0.206 e. The fraction of sp³-hybridized carbons (Fsp3) is 0.667. The summed E-state index contributed by atoms with van der Waals surface area (Å²) in [5.74, 6) is 1.11. The van der Waals surface area contributed by atoms with E-state index < -0.39 is 0 Å². The number of allylic oxidation sites excluding steroid dienone is 1. The van der Waals surface area contributed by atoms with Gasteiger partial charge in [0.25, 0.3) is 0 Å². The van der Waals surface area contributed by atoms with Crippen LogP contribution in [0.15, 0.2) is 18.9 Å². The highest BCUT2D eigenvalue weighted by atomic mass is 15.3. The first-order valence-electron chi connectivity index (χ1n) is 7.22. The maximum absolute atomic E-state index is 4.77. The molecule has 1 aliphatic heterocycles. The van der Waals surface area contributed by atoms with Crippen molar-refractivity contribution in [2.45, 2.75) is 45.2 Å². The summed E-state index contributed by atoms with van der Waals surface area (Å²) in [7, 11) is 2.06. The zero-order valence-corrected chi connectivity index (χ0v) is 12.4. The molecule has 2 heterocycles. The molecule has 0 bridgehead atoms. The summed E-state index contributed by atoms with van der Waals surface area (Å²) in [6, 6.07) is 0. The molecule has 0 radical (unpaired) electrons. The number of rotatable bonds is 5. The van der Waals surface area contributed by atoms with E-state index in [4.69, 9.17) is 4.98 Å². The molecule has 1 N–H and O–H groups in total. The smallest absolute Gasteiger partial charge is 0.206 e. The van der Waals surface area contributed by atoms with Crippen molar-refractivity contribution in [3.05, 3.63) is 24.5 Å². The van der Waals surface area contributed by atoms with Gasteiger partial charge in [0.2, 0.25) is 5.95 Å². The van der Waals surface area contributed by atoms with Crippen LogP contribution < -0.4 is 10.2 Å². The van der Waals surface area contributed by atoms with Crippen molar-refractivity contribution in [1.82, 2.24) is 14.9 Å². The number of nitrogens with zero attached hydrogens (tertiary/aromatic N) is 3. The monoisotopic (exact) mass is 262 g/mol. The lowest BCUT2D eigenvalue weighted by Gasteiger charge is -2.39. The number of piperidine rings is 1. The molecule has 4 nitrogen and oxygen atoms in total. The van der Waals surface area contributed by atoms with Crippen molar-refractivity contribution in [2.75, 3.05) is 25.0 Å². The fourth-order valence-electron chi connectivity index (χ4n) is 2.61. The van der Waals surface area contributed by atoms with Gasteiger partial charge < -0.3 is 14.8 Å². The lowest BCUT2D eigenvalue weighted by atomic mass is 9.90. The first-order chi connectivity index (χ1) is 9.11. The summed E-state index contributed by atoms with van der Waals surface area (Å²) < 4.78 is 2.22. The van der Waals surface area contributed by atoms with Crippen LogP contribution in [0.2, 0.25) is 0 Å².